The maximum atomic E-state index is 13.6. The number of benzene rings is 1. The summed E-state index contributed by atoms with van der Waals surface area (Å²) in [6.07, 6.45) is 0. The van der Waals surface area contributed by atoms with Crippen molar-refractivity contribution in [2.45, 2.75) is 6.92 Å². The SMILES string of the molecule is CNc1nc(-c2ccc(OC)c(O)c2)nc(C)c1F. The molecule has 0 aliphatic carbocycles. The number of methoxy groups -OCH3 is 1. The van der Waals surface area contributed by atoms with E-state index in [1.165, 1.54) is 13.2 Å². The Morgan fingerprint density at radius 1 is 1.32 bits per heavy atom. The normalized spacial score (nSPS) is 10.3. The highest BCUT2D eigenvalue weighted by Crippen LogP contribution is 2.30. The molecule has 2 N–H and O–H groups in total. The average Bonchev–Trinajstić information content (AvgIpc) is 2.41. The Bertz CT molecular complexity index is 617. The third kappa shape index (κ3) is 2.42. The molecular weight excluding hydrogens is 249 g/mol. The van der Waals surface area contributed by atoms with E-state index < -0.39 is 5.82 Å². The average molecular weight is 263 g/mol. The number of phenolic OH excluding ortho intramolecular Hbond substituents is 1. The number of hydrogen-bond donors (Lipinski definition) is 2. The van der Waals surface area contributed by atoms with Crippen LogP contribution in [0, 0.1) is 12.7 Å². The van der Waals surface area contributed by atoms with E-state index in [2.05, 4.69) is 15.3 Å². The first kappa shape index (κ1) is 13.1. The van der Waals surface area contributed by atoms with Gasteiger partial charge in [0.1, 0.15) is 0 Å². The number of halogens is 1. The van der Waals surface area contributed by atoms with Crippen LogP contribution in [-0.2, 0) is 0 Å². The highest BCUT2D eigenvalue weighted by Gasteiger charge is 2.13. The van der Waals surface area contributed by atoms with Gasteiger partial charge in [-0.05, 0) is 25.1 Å². The molecule has 0 amide bonds. The molecule has 0 bridgehead atoms. The standard InChI is InChI=1S/C13H14FN3O2/c1-7-11(14)13(15-2)17-12(16-7)8-4-5-10(19-3)9(18)6-8/h4-6,18H,1-3H3,(H,15,16,17). The molecule has 100 valence electrons. The lowest BCUT2D eigenvalue weighted by molar-refractivity contribution is 0.373. The van der Waals surface area contributed by atoms with Crippen LogP contribution in [-0.4, -0.2) is 29.2 Å². The number of nitrogens with zero attached hydrogens (tertiary/aromatic N) is 2. The van der Waals surface area contributed by atoms with Crippen LogP contribution in [0.15, 0.2) is 18.2 Å². The largest absolute Gasteiger partial charge is 0.504 e. The number of nitrogens with one attached hydrogen (secondary N) is 1. The van der Waals surface area contributed by atoms with Crippen LogP contribution in [0.2, 0.25) is 0 Å². The number of aromatic nitrogens is 2. The Hall–Kier alpha value is -2.37. The summed E-state index contributed by atoms with van der Waals surface area (Å²) < 4.78 is 18.6. The predicted molar refractivity (Wildman–Crippen MR) is 69.9 cm³/mol. The van der Waals surface area contributed by atoms with Gasteiger partial charge in [0, 0.05) is 12.6 Å². The number of phenols is 1. The molecule has 0 aliphatic rings. The van der Waals surface area contributed by atoms with E-state index >= 15 is 0 Å². The second kappa shape index (κ2) is 5.09. The van der Waals surface area contributed by atoms with Crippen molar-refractivity contribution in [3.63, 3.8) is 0 Å². The molecule has 1 heterocycles. The fourth-order valence-corrected chi connectivity index (χ4v) is 1.68. The van der Waals surface area contributed by atoms with Crippen LogP contribution in [0.4, 0.5) is 10.2 Å². The predicted octanol–water partition coefficient (Wildman–Crippen LogP) is 2.35. The first-order valence-electron chi connectivity index (χ1n) is 5.66. The van der Waals surface area contributed by atoms with Crippen molar-refractivity contribution in [2.24, 2.45) is 0 Å². The minimum absolute atomic E-state index is 0.0171. The fraction of sp³-hybridized carbons (Fsp3) is 0.231. The second-order valence-corrected chi connectivity index (χ2v) is 3.93. The Balaban J connectivity index is 2.53. The molecule has 0 atom stereocenters. The molecule has 0 radical (unpaired) electrons. The smallest absolute Gasteiger partial charge is 0.186 e. The fourth-order valence-electron chi connectivity index (χ4n) is 1.68. The van der Waals surface area contributed by atoms with Crippen molar-refractivity contribution in [1.29, 1.82) is 0 Å². The molecule has 2 aromatic rings. The molecule has 2 rings (SSSR count). The van der Waals surface area contributed by atoms with E-state index in [0.29, 0.717) is 17.1 Å². The monoisotopic (exact) mass is 263 g/mol. The molecule has 1 aromatic carbocycles. The zero-order chi connectivity index (χ0) is 14.0. The molecule has 0 fully saturated rings. The van der Waals surface area contributed by atoms with Crippen LogP contribution in [0.3, 0.4) is 0 Å². The number of anilines is 1. The summed E-state index contributed by atoms with van der Waals surface area (Å²) in [6.45, 7) is 1.56. The minimum atomic E-state index is -0.482. The number of aryl methyl sites for hydroxylation is 1. The Morgan fingerprint density at radius 3 is 2.63 bits per heavy atom. The zero-order valence-electron chi connectivity index (χ0n) is 10.9. The third-order valence-corrected chi connectivity index (χ3v) is 2.69. The maximum Gasteiger partial charge on any atom is 0.186 e. The molecule has 5 nitrogen and oxygen atoms in total. The van der Waals surface area contributed by atoms with E-state index in [4.69, 9.17) is 4.74 Å². The van der Waals surface area contributed by atoms with Crippen LogP contribution < -0.4 is 10.1 Å². The summed E-state index contributed by atoms with van der Waals surface area (Å²) in [5, 5.41) is 12.4. The van der Waals surface area contributed by atoms with Gasteiger partial charge in [0.25, 0.3) is 0 Å². The Kier molecular flexibility index (Phi) is 3.50. The minimum Gasteiger partial charge on any atom is -0.504 e. The molecule has 0 aliphatic heterocycles. The molecule has 6 heteroatoms. The number of aromatic hydroxyl groups is 1. The van der Waals surface area contributed by atoms with E-state index in [1.54, 1.807) is 26.1 Å². The Morgan fingerprint density at radius 2 is 2.05 bits per heavy atom. The molecular formula is C13H14FN3O2. The lowest BCUT2D eigenvalue weighted by atomic mass is 10.2. The molecule has 0 saturated carbocycles. The van der Waals surface area contributed by atoms with Gasteiger partial charge in [-0.15, -0.1) is 0 Å². The molecule has 1 aromatic heterocycles. The van der Waals surface area contributed by atoms with Gasteiger partial charge in [-0.2, -0.15) is 0 Å². The van der Waals surface area contributed by atoms with E-state index in [1.807, 2.05) is 0 Å². The van der Waals surface area contributed by atoms with Crippen molar-refractivity contribution in [2.75, 3.05) is 19.5 Å². The quantitative estimate of drug-likeness (QED) is 0.889. The lowest BCUT2D eigenvalue weighted by Gasteiger charge is -2.09. The van der Waals surface area contributed by atoms with Crippen LogP contribution >= 0.6 is 0 Å². The summed E-state index contributed by atoms with van der Waals surface area (Å²) in [7, 11) is 3.05. The second-order valence-electron chi connectivity index (χ2n) is 3.93. The molecule has 0 saturated heterocycles. The van der Waals surface area contributed by atoms with Gasteiger partial charge < -0.3 is 15.2 Å². The molecule has 0 spiro atoms. The van der Waals surface area contributed by atoms with Gasteiger partial charge in [-0.3, -0.25) is 0 Å². The topological polar surface area (TPSA) is 67.3 Å². The van der Waals surface area contributed by atoms with Crippen molar-refractivity contribution < 1.29 is 14.2 Å². The summed E-state index contributed by atoms with van der Waals surface area (Å²) in [4.78, 5) is 8.14. The van der Waals surface area contributed by atoms with E-state index in [0.717, 1.165) is 0 Å². The zero-order valence-corrected chi connectivity index (χ0v) is 10.9. The highest BCUT2D eigenvalue weighted by molar-refractivity contribution is 5.62. The van der Waals surface area contributed by atoms with Crippen LogP contribution in [0.5, 0.6) is 11.5 Å². The molecule has 19 heavy (non-hydrogen) atoms. The summed E-state index contributed by atoms with van der Waals surface area (Å²) >= 11 is 0. The van der Waals surface area contributed by atoms with Gasteiger partial charge in [-0.1, -0.05) is 0 Å². The number of rotatable bonds is 3. The summed E-state index contributed by atoms with van der Waals surface area (Å²) in [5.74, 6) is 0.316. The summed E-state index contributed by atoms with van der Waals surface area (Å²) in [6, 6.07) is 4.78. The maximum absolute atomic E-state index is 13.6. The van der Waals surface area contributed by atoms with Gasteiger partial charge in [0.15, 0.2) is 29.0 Å². The number of hydrogen-bond acceptors (Lipinski definition) is 5. The van der Waals surface area contributed by atoms with Crippen LogP contribution in [0.1, 0.15) is 5.69 Å². The van der Waals surface area contributed by atoms with E-state index in [-0.39, 0.29) is 17.3 Å². The van der Waals surface area contributed by atoms with Crippen molar-refractivity contribution in [1.82, 2.24) is 9.97 Å². The highest BCUT2D eigenvalue weighted by atomic mass is 19.1. The van der Waals surface area contributed by atoms with Gasteiger partial charge in [0.05, 0.1) is 12.8 Å². The number of ether oxygens (including phenoxy) is 1. The Labute approximate surface area is 110 Å². The first-order valence-corrected chi connectivity index (χ1v) is 5.66. The van der Waals surface area contributed by atoms with Gasteiger partial charge in [-0.25, -0.2) is 14.4 Å². The summed E-state index contributed by atoms with van der Waals surface area (Å²) in [5.41, 5.74) is 0.822. The van der Waals surface area contributed by atoms with Crippen LogP contribution in [0.25, 0.3) is 11.4 Å². The molecule has 0 unspecified atom stereocenters. The van der Waals surface area contributed by atoms with Gasteiger partial charge >= 0.3 is 0 Å². The van der Waals surface area contributed by atoms with E-state index in [9.17, 15) is 9.50 Å². The lowest BCUT2D eigenvalue weighted by Crippen LogP contribution is -2.03. The van der Waals surface area contributed by atoms with Crippen molar-refractivity contribution in [3.8, 4) is 22.9 Å². The van der Waals surface area contributed by atoms with Crippen molar-refractivity contribution in [3.05, 3.63) is 29.7 Å². The first-order chi connectivity index (χ1) is 9.06. The van der Waals surface area contributed by atoms with Crippen molar-refractivity contribution >= 4 is 5.82 Å². The third-order valence-electron chi connectivity index (χ3n) is 2.69. The van der Waals surface area contributed by atoms with Gasteiger partial charge in [0.2, 0.25) is 0 Å².